The van der Waals surface area contributed by atoms with Gasteiger partial charge in [-0.15, -0.1) is 10.2 Å². The van der Waals surface area contributed by atoms with E-state index < -0.39 is 15.7 Å². The fourth-order valence-corrected chi connectivity index (χ4v) is 5.43. The lowest BCUT2D eigenvalue weighted by Gasteiger charge is -2.09. The standard InChI is InChI=1S/C18H19BrN4O4S2/c19-13-3-5-15(6-4-13)29(25,26)11-10-28-18-22-21-17(8-7-16(20)24)23(18)12-14-2-1-9-27-14/h1-6,9H,7-8,10-12H2,(H2,20,24). The second kappa shape index (κ2) is 9.59. The zero-order chi connectivity index (χ0) is 20.9. The third-order valence-corrected chi connectivity index (χ3v) is 7.53. The van der Waals surface area contributed by atoms with Crippen LogP contribution in [0.4, 0.5) is 0 Å². The van der Waals surface area contributed by atoms with E-state index in [-0.39, 0.29) is 17.1 Å². The van der Waals surface area contributed by atoms with Crippen LogP contribution in [0, 0.1) is 0 Å². The summed E-state index contributed by atoms with van der Waals surface area (Å²) in [6.07, 6.45) is 2.07. The fourth-order valence-electron chi connectivity index (χ4n) is 2.57. The van der Waals surface area contributed by atoms with Crippen molar-refractivity contribution in [2.75, 3.05) is 11.5 Å². The quantitative estimate of drug-likeness (QED) is 0.426. The Balaban J connectivity index is 1.70. The van der Waals surface area contributed by atoms with Gasteiger partial charge in [-0.3, -0.25) is 9.36 Å². The Hall–Kier alpha value is -2.11. The molecule has 0 aliphatic carbocycles. The second-order valence-electron chi connectivity index (χ2n) is 6.15. The van der Waals surface area contributed by atoms with Gasteiger partial charge in [0.2, 0.25) is 5.91 Å². The molecule has 0 unspecified atom stereocenters. The molecule has 0 atom stereocenters. The highest BCUT2D eigenvalue weighted by molar-refractivity contribution is 9.10. The number of benzene rings is 1. The van der Waals surface area contributed by atoms with Crippen LogP contribution >= 0.6 is 27.7 Å². The van der Waals surface area contributed by atoms with Crippen LogP contribution in [0.25, 0.3) is 0 Å². The summed E-state index contributed by atoms with van der Waals surface area (Å²) in [5.41, 5.74) is 5.24. The summed E-state index contributed by atoms with van der Waals surface area (Å²) < 4.78 is 33.1. The summed E-state index contributed by atoms with van der Waals surface area (Å²) in [6.45, 7) is 0.385. The SMILES string of the molecule is NC(=O)CCc1nnc(SCCS(=O)(=O)c2ccc(Br)cc2)n1Cc1ccco1. The van der Waals surface area contributed by atoms with Gasteiger partial charge in [0.05, 0.1) is 23.5 Å². The minimum absolute atomic E-state index is 0.0382. The summed E-state index contributed by atoms with van der Waals surface area (Å²) in [5, 5.41) is 8.86. The molecule has 3 rings (SSSR count). The molecule has 0 aliphatic rings. The molecule has 1 aromatic carbocycles. The van der Waals surface area contributed by atoms with E-state index in [9.17, 15) is 13.2 Å². The van der Waals surface area contributed by atoms with Crippen molar-refractivity contribution in [1.29, 1.82) is 0 Å². The molecule has 0 bridgehead atoms. The summed E-state index contributed by atoms with van der Waals surface area (Å²) >= 11 is 4.59. The average Bonchev–Trinajstić information content (AvgIpc) is 3.31. The molecule has 8 nitrogen and oxygen atoms in total. The lowest BCUT2D eigenvalue weighted by Crippen LogP contribution is -2.14. The van der Waals surface area contributed by atoms with Crippen LogP contribution in [0.5, 0.6) is 0 Å². The molecule has 0 spiro atoms. The summed E-state index contributed by atoms with van der Waals surface area (Å²) in [4.78, 5) is 11.4. The summed E-state index contributed by atoms with van der Waals surface area (Å²) in [5.74, 6) is 1.15. The van der Waals surface area contributed by atoms with E-state index >= 15 is 0 Å². The Morgan fingerprint density at radius 2 is 1.97 bits per heavy atom. The molecule has 3 aromatic rings. The van der Waals surface area contributed by atoms with Gasteiger partial charge in [-0.05, 0) is 36.4 Å². The molecular formula is C18H19BrN4O4S2. The predicted molar refractivity (Wildman–Crippen MR) is 112 cm³/mol. The van der Waals surface area contributed by atoms with Crippen molar-refractivity contribution in [2.45, 2.75) is 29.4 Å². The van der Waals surface area contributed by atoms with Crippen molar-refractivity contribution >= 4 is 43.4 Å². The number of aryl methyl sites for hydroxylation is 1. The van der Waals surface area contributed by atoms with Gasteiger partial charge in [0.15, 0.2) is 15.0 Å². The minimum atomic E-state index is -3.40. The van der Waals surface area contributed by atoms with Gasteiger partial charge in [-0.25, -0.2) is 8.42 Å². The lowest BCUT2D eigenvalue weighted by atomic mass is 10.3. The van der Waals surface area contributed by atoms with Crippen LogP contribution in [-0.4, -0.2) is 40.6 Å². The van der Waals surface area contributed by atoms with E-state index in [1.165, 1.54) is 11.8 Å². The van der Waals surface area contributed by atoms with E-state index in [0.717, 1.165) is 4.47 Å². The first-order valence-electron chi connectivity index (χ1n) is 8.69. The van der Waals surface area contributed by atoms with E-state index in [0.29, 0.717) is 35.5 Å². The summed E-state index contributed by atoms with van der Waals surface area (Å²) in [7, 11) is -3.40. The van der Waals surface area contributed by atoms with Gasteiger partial charge in [0, 0.05) is 23.1 Å². The molecule has 0 fully saturated rings. The normalized spacial score (nSPS) is 11.6. The van der Waals surface area contributed by atoms with Crippen molar-refractivity contribution in [1.82, 2.24) is 14.8 Å². The van der Waals surface area contributed by atoms with Gasteiger partial charge in [0.1, 0.15) is 11.6 Å². The Kier molecular flexibility index (Phi) is 7.14. The van der Waals surface area contributed by atoms with Crippen molar-refractivity contribution < 1.29 is 17.6 Å². The molecule has 29 heavy (non-hydrogen) atoms. The number of primary amides is 1. The Morgan fingerprint density at radius 3 is 2.62 bits per heavy atom. The lowest BCUT2D eigenvalue weighted by molar-refractivity contribution is -0.118. The third-order valence-electron chi connectivity index (χ3n) is 4.04. The number of carbonyl (C=O) groups is 1. The maximum atomic E-state index is 12.5. The molecule has 1 amide bonds. The number of halogens is 1. The summed E-state index contributed by atoms with van der Waals surface area (Å²) in [6, 6.07) is 10.2. The zero-order valence-electron chi connectivity index (χ0n) is 15.3. The van der Waals surface area contributed by atoms with Crippen LogP contribution in [0.3, 0.4) is 0 Å². The predicted octanol–water partition coefficient (Wildman–Crippen LogP) is 2.67. The maximum absolute atomic E-state index is 12.5. The van der Waals surface area contributed by atoms with Crippen molar-refractivity contribution in [3.8, 4) is 0 Å². The highest BCUT2D eigenvalue weighted by atomic mass is 79.9. The number of thioether (sulfide) groups is 1. The fraction of sp³-hybridized carbons (Fsp3) is 0.278. The largest absolute Gasteiger partial charge is 0.467 e. The van der Waals surface area contributed by atoms with Gasteiger partial charge in [-0.2, -0.15) is 0 Å². The first-order valence-corrected chi connectivity index (χ1v) is 12.1. The number of furan rings is 1. The highest BCUT2D eigenvalue weighted by Gasteiger charge is 2.18. The van der Waals surface area contributed by atoms with Crippen molar-refractivity contribution in [3.63, 3.8) is 0 Å². The van der Waals surface area contributed by atoms with Crippen molar-refractivity contribution in [3.05, 3.63) is 58.7 Å². The molecule has 2 aromatic heterocycles. The molecule has 11 heteroatoms. The number of rotatable bonds is 10. The monoisotopic (exact) mass is 498 g/mol. The second-order valence-corrected chi connectivity index (χ2v) is 10.2. The van der Waals surface area contributed by atoms with E-state index in [4.69, 9.17) is 10.2 Å². The van der Waals surface area contributed by atoms with Crippen LogP contribution in [0.1, 0.15) is 18.0 Å². The zero-order valence-corrected chi connectivity index (χ0v) is 18.5. The number of amides is 1. The average molecular weight is 499 g/mol. The molecular weight excluding hydrogens is 480 g/mol. The highest BCUT2D eigenvalue weighted by Crippen LogP contribution is 2.22. The van der Waals surface area contributed by atoms with E-state index in [1.807, 2.05) is 10.6 Å². The molecule has 0 radical (unpaired) electrons. The van der Waals surface area contributed by atoms with Gasteiger partial charge >= 0.3 is 0 Å². The molecule has 2 N–H and O–H groups in total. The maximum Gasteiger partial charge on any atom is 0.217 e. The van der Waals surface area contributed by atoms with E-state index in [2.05, 4.69) is 26.1 Å². The molecule has 0 saturated heterocycles. The van der Waals surface area contributed by atoms with E-state index in [1.54, 1.807) is 36.6 Å². The first kappa shape index (κ1) is 21.6. The van der Waals surface area contributed by atoms with Crippen LogP contribution in [0.2, 0.25) is 0 Å². The number of hydrogen-bond acceptors (Lipinski definition) is 7. The van der Waals surface area contributed by atoms with Gasteiger partial charge < -0.3 is 10.2 Å². The Morgan fingerprint density at radius 1 is 1.21 bits per heavy atom. The Labute approximate surface area is 180 Å². The topological polar surface area (TPSA) is 121 Å². The van der Waals surface area contributed by atoms with Gasteiger partial charge in [0.25, 0.3) is 0 Å². The molecule has 0 saturated carbocycles. The molecule has 0 aliphatic heterocycles. The molecule has 154 valence electrons. The number of aromatic nitrogens is 3. The van der Waals surface area contributed by atoms with Crippen molar-refractivity contribution in [2.24, 2.45) is 5.73 Å². The first-order chi connectivity index (χ1) is 13.8. The number of nitrogens with zero attached hydrogens (tertiary/aromatic N) is 3. The van der Waals surface area contributed by atoms with Crippen LogP contribution in [0.15, 0.2) is 61.6 Å². The smallest absolute Gasteiger partial charge is 0.217 e. The van der Waals surface area contributed by atoms with Crippen LogP contribution in [-0.2, 0) is 27.6 Å². The number of sulfone groups is 1. The Bertz CT molecular complexity index is 1060. The number of hydrogen-bond donors (Lipinski definition) is 1. The molecule has 2 heterocycles. The minimum Gasteiger partial charge on any atom is -0.467 e. The number of carbonyl (C=O) groups excluding carboxylic acids is 1. The van der Waals surface area contributed by atoms with Gasteiger partial charge in [-0.1, -0.05) is 27.7 Å². The van der Waals surface area contributed by atoms with Crippen LogP contribution < -0.4 is 5.73 Å². The third kappa shape index (κ3) is 5.94. The number of nitrogens with two attached hydrogens (primary N) is 1.